The summed E-state index contributed by atoms with van der Waals surface area (Å²) >= 11 is 6.30. The van der Waals surface area contributed by atoms with Crippen LogP contribution in [0.2, 0.25) is 5.02 Å². The van der Waals surface area contributed by atoms with Gasteiger partial charge >= 0.3 is 0 Å². The molecule has 0 aromatic heterocycles. The quantitative estimate of drug-likeness (QED) is 0.871. The van der Waals surface area contributed by atoms with E-state index in [9.17, 15) is 4.79 Å². The summed E-state index contributed by atoms with van der Waals surface area (Å²) in [5, 5.41) is 7.42. The average Bonchev–Trinajstić information content (AvgIpc) is 2.55. The van der Waals surface area contributed by atoms with Crippen molar-refractivity contribution in [1.29, 1.82) is 0 Å². The molecule has 0 aliphatic carbocycles. The highest BCUT2D eigenvalue weighted by Crippen LogP contribution is 2.26. The standard InChI is InChI=1S/C18H27ClN4O/c1-13(2)18-20-14(11-17(24)21-18)12-22-7-9-23(10-8-22)16-6-4-3-5-15(16)19/h3-6,13-14,18,20H,7-12H2,1-2H3,(H,21,24). The summed E-state index contributed by atoms with van der Waals surface area (Å²) in [6.07, 6.45) is 0.647. The molecule has 0 spiro atoms. The molecule has 24 heavy (non-hydrogen) atoms. The normalized spacial score (nSPS) is 25.8. The van der Waals surface area contributed by atoms with Gasteiger partial charge in [-0.05, 0) is 18.1 Å². The van der Waals surface area contributed by atoms with E-state index >= 15 is 0 Å². The Bertz CT molecular complexity index is 572. The zero-order valence-corrected chi connectivity index (χ0v) is 15.2. The van der Waals surface area contributed by atoms with Gasteiger partial charge in [-0.1, -0.05) is 37.6 Å². The van der Waals surface area contributed by atoms with E-state index in [4.69, 9.17) is 11.6 Å². The lowest BCUT2D eigenvalue weighted by Gasteiger charge is -2.40. The first kappa shape index (κ1) is 17.5. The van der Waals surface area contributed by atoms with Gasteiger partial charge < -0.3 is 10.2 Å². The smallest absolute Gasteiger partial charge is 0.222 e. The molecule has 1 aromatic rings. The van der Waals surface area contributed by atoms with Crippen molar-refractivity contribution in [3.8, 4) is 0 Å². The van der Waals surface area contributed by atoms with Crippen molar-refractivity contribution in [2.45, 2.75) is 32.5 Å². The van der Waals surface area contributed by atoms with Crippen molar-refractivity contribution < 1.29 is 4.79 Å². The molecule has 2 N–H and O–H groups in total. The first-order chi connectivity index (χ1) is 11.5. The number of carbonyl (C=O) groups excluding carboxylic acids is 1. The van der Waals surface area contributed by atoms with Crippen molar-refractivity contribution >= 4 is 23.2 Å². The summed E-state index contributed by atoms with van der Waals surface area (Å²) in [4.78, 5) is 16.7. The molecule has 2 atom stereocenters. The van der Waals surface area contributed by atoms with Gasteiger partial charge in [0.15, 0.2) is 0 Å². The lowest BCUT2D eigenvalue weighted by molar-refractivity contribution is -0.125. The van der Waals surface area contributed by atoms with Gasteiger partial charge in [-0.3, -0.25) is 15.0 Å². The minimum atomic E-state index is 0.0839. The number of para-hydroxylation sites is 1. The molecular weight excluding hydrogens is 324 g/mol. The van der Waals surface area contributed by atoms with Gasteiger partial charge in [0.2, 0.25) is 5.91 Å². The molecule has 3 rings (SSSR count). The minimum absolute atomic E-state index is 0.0839. The second-order valence-electron chi connectivity index (χ2n) is 7.10. The Hall–Kier alpha value is -1.30. The fourth-order valence-electron chi connectivity index (χ4n) is 3.48. The van der Waals surface area contributed by atoms with Crippen LogP contribution in [0.3, 0.4) is 0 Å². The zero-order chi connectivity index (χ0) is 17.1. The van der Waals surface area contributed by atoms with Crippen molar-refractivity contribution in [3.05, 3.63) is 29.3 Å². The number of halogens is 1. The highest BCUT2D eigenvalue weighted by atomic mass is 35.5. The summed E-state index contributed by atoms with van der Waals surface area (Å²) in [5.74, 6) is 0.556. The van der Waals surface area contributed by atoms with Crippen LogP contribution in [0.15, 0.2) is 24.3 Å². The van der Waals surface area contributed by atoms with Gasteiger partial charge in [0.25, 0.3) is 0 Å². The largest absolute Gasteiger partial charge is 0.368 e. The average molecular weight is 351 g/mol. The van der Waals surface area contributed by atoms with Gasteiger partial charge in [-0.2, -0.15) is 0 Å². The second-order valence-corrected chi connectivity index (χ2v) is 7.50. The number of rotatable bonds is 4. The van der Waals surface area contributed by atoms with Crippen molar-refractivity contribution in [2.24, 2.45) is 5.92 Å². The van der Waals surface area contributed by atoms with Crippen LogP contribution in [0.1, 0.15) is 20.3 Å². The Kier molecular flexibility index (Phi) is 5.64. The predicted octanol–water partition coefficient (Wildman–Crippen LogP) is 1.92. The van der Waals surface area contributed by atoms with E-state index in [1.165, 1.54) is 0 Å². The van der Waals surface area contributed by atoms with Crippen LogP contribution in [0, 0.1) is 5.92 Å². The zero-order valence-electron chi connectivity index (χ0n) is 14.5. The van der Waals surface area contributed by atoms with Gasteiger partial charge in [0.05, 0.1) is 16.9 Å². The van der Waals surface area contributed by atoms with Gasteiger partial charge in [-0.25, -0.2) is 0 Å². The summed E-state index contributed by atoms with van der Waals surface area (Å²) in [6, 6.07) is 8.26. The number of amides is 1. The first-order valence-corrected chi connectivity index (χ1v) is 9.18. The fourth-order valence-corrected chi connectivity index (χ4v) is 3.73. The molecular formula is C18H27ClN4O. The van der Waals surface area contributed by atoms with Crippen molar-refractivity contribution in [2.75, 3.05) is 37.6 Å². The van der Waals surface area contributed by atoms with Crippen LogP contribution >= 0.6 is 11.6 Å². The van der Waals surface area contributed by atoms with Crippen LogP contribution in [-0.2, 0) is 4.79 Å². The van der Waals surface area contributed by atoms with Crippen LogP contribution < -0.4 is 15.5 Å². The lowest BCUT2D eigenvalue weighted by atomic mass is 10.0. The molecule has 2 aliphatic rings. The van der Waals surface area contributed by atoms with Crippen molar-refractivity contribution in [1.82, 2.24) is 15.5 Å². The Labute approximate surface area is 149 Å². The molecule has 2 unspecified atom stereocenters. The van der Waals surface area contributed by atoms with E-state index in [2.05, 4.69) is 40.3 Å². The van der Waals surface area contributed by atoms with Gasteiger partial charge in [0.1, 0.15) is 0 Å². The molecule has 0 saturated carbocycles. The summed E-state index contributed by atoms with van der Waals surface area (Å²) in [7, 11) is 0. The van der Waals surface area contributed by atoms with Crippen molar-refractivity contribution in [3.63, 3.8) is 0 Å². The van der Waals surface area contributed by atoms with Crippen LogP contribution in [0.25, 0.3) is 0 Å². The highest BCUT2D eigenvalue weighted by molar-refractivity contribution is 6.33. The number of nitrogens with zero attached hydrogens (tertiary/aromatic N) is 2. The predicted molar refractivity (Wildman–Crippen MR) is 98.4 cm³/mol. The number of benzene rings is 1. The maximum Gasteiger partial charge on any atom is 0.222 e. The number of carbonyl (C=O) groups is 1. The maximum absolute atomic E-state index is 11.9. The third-order valence-electron chi connectivity index (χ3n) is 4.87. The molecule has 1 aromatic carbocycles. The first-order valence-electron chi connectivity index (χ1n) is 8.80. The minimum Gasteiger partial charge on any atom is -0.368 e. The SMILES string of the molecule is CC(C)C1NC(=O)CC(CN2CCN(c3ccccc3Cl)CC2)N1. The van der Waals surface area contributed by atoms with Gasteiger partial charge in [-0.15, -0.1) is 0 Å². The third-order valence-corrected chi connectivity index (χ3v) is 5.19. The number of hydrogen-bond donors (Lipinski definition) is 2. The number of piperazine rings is 1. The van der Waals surface area contributed by atoms with E-state index < -0.39 is 0 Å². The van der Waals surface area contributed by atoms with Crippen LogP contribution in [0.4, 0.5) is 5.69 Å². The Morgan fingerprint density at radius 1 is 1.21 bits per heavy atom. The van der Waals surface area contributed by atoms with Crippen LogP contribution in [0.5, 0.6) is 0 Å². The maximum atomic E-state index is 11.9. The third kappa shape index (κ3) is 4.21. The summed E-state index contributed by atoms with van der Waals surface area (Å²) < 4.78 is 0. The monoisotopic (exact) mass is 350 g/mol. The second kappa shape index (κ2) is 7.72. The molecule has 0 bridgehead atoms. The Morgan fingerprint density at radius 3 is 2.58 bits per heavy atom. The lowest BCUT2D eigenvalue weighted by Crippen LogP contribution is -2.62. The number of hydrogen-bond acceptors (Lipinski definition) is 4. The molecule has 2 aliphatic heterocycles. The van der Waals surface area contributed by atoms with E-state index in [0.717, 1.165) is 43.4 Å². The molecule has 5 nitrogen and oxygen atoms in total. The van der Waals surface area contributed by atoms with E-state index in [-0.39, 0.29) is 18.1 Å². The number of anilines is 1. The fraction of sp³-hybridized carbons (Fsp3) is 0.611. The number of nitrogens with one attached hydrogen (secondary N) is 2. The van der Waals surface area contributed by atoms with E-state index in [1.54, 1.807) is 0 Å². The Morgan fingerprint density at radius 2 is 1.92 bits per heavy atom. The Balaban J connectivity index is 1.52. The van der Waals surface area contributed by atoms with E-state index in [1.807, 2.05) is 18.2 Å². The van der Waals surface area contributed by atoms with E-state index in [0.29, 0.717) is 12.3 Å². The molecule has 2 saturated heterocycles. The molecule has 2 heterocycles. The highest BCUT2D eigenvalue weighted by Gasteiger charge is 2.29. The van der Waals surface area contributed by atoms with Crippen LogP contribution in [-0.4, -0.2) is 55.7 Å². The summed E-state index contributed by atoms with van der Waals surface area (Å²) in [5.41, 5.74) is 1.12. The molecule has 6 heteroatoms. The summed E-state index contributed by atoms with van der Waals surface area (Å²) in [6.45, 7) is 9.11. The molecule has 0 radical (unpaired) electrons. The molecule has 2 fully saturated rings. The molecule has 132 valence electrons. The van der Waals surface area contributed by atoms with Gasteiger partial charge in [0, 0.05) is 45.2 Å². The topological polar surface area (TPSA) is 47.6 Å². The molecule has 1 amide bonds.